The molecule has 0 unspecified atom stereocenters. The van der Waals surface area contributed by atoms with Crippen molar-refractivity contribution in [1.82, 2.24) is 19.6 Å². The first-order valence-corrected chi connectivity index (χ1v) is 9.99. The average Bonchev–Trinajstić information content (AvgIpc) is 3.07. The van der Waals surface area contributed by atoms with Gasteiger partial charge in [-0.15, -0.1) is 0 Å². The van der Waals surface area contributed by atoms with E-state index in [1.807, 2.05) is 39.1 Å². The molecule has 0 spiro atoms. The maximum Gasteiger partial charge on any atom is 0.322 e. The first kappa shape index (κ1) is 19.4. The monoisotopic (exact) mass is 397 g/mol. The van der Waals surface area contributed by atoms with Gasteiger partial charge >= 0.3 is 6.03 Å². The van der Waals surface area contributed by atoms with Gasteiger partial charge < -0.3 is 19.9 Å². The Kier molecular flexibility index (Phi) is 5.27. The smallest absolute Gasteiger partial charge is 0.322 e. The van der Waals surface area contributed by atoms with Crippen LogP contribution in [0.1, 0.15) is 32.9 Å². The molecule has 1 aromatic heterocycles. The maximum absolute atomic E-state index is 13.0. The number of aromatic nitrogens is 2. The lowest BCUT2D eigenvalue weighted by Gasteiger charge is -2.29. The third-order valence-corrected chi connectivity index (χ3v) is 5.79. The van der Waals surface area contributed by atoms with Gasteiger partial charge in [-0.2, -0.15) is 5.10 Å². The van der Waals surface area contributed by atoms with Gasteiger partial charge in [0.25, 0.3) is 5.91 Å². The zero-order chi connectivity index (χ0) is 20.5. The first-order chi connectivity index (χ1) is 13.9. The van der Waals surface area contributed by atoms with Gasteiger partial charge in [-0.1, -0.05) is 6.07 Å². The molecule has 0 saturated carbocycles. The molecule has 1 N–H and O–H groups in total. The van der Waals surface area contributed by atoms with Crippen LogP contribution in [-0.4, -0.2) is 64.4 Å². The van der Waals surface area contributed by atoms with Crippen LogP contribution in [0.2, 0.25) is 0 Å². The Balaban J connectivity index is 1.51. The molecule has 2 aliphatic heterocycles. The van der Waals surface area contributed by atoms with Crippen LogP contribution in [0.15, 0.2) is 18.2 Å². The fourth-order valence-electron chi connectivity index (χ4n) is 3.88. The molecule has 3 heterocycles. The number of hydrogen-bond donors (Lipinski definition) is 1. The number of nitrogens with zero attached hydrogens (tertiary/aromatic N) is 4. The van der Waals surface area contributed by atoms with E-state index in [0.29, 0.717) is 51.5 Å². The number of carbonyl (C=O) groups is 2. The maximum atomic E-state index is 13.0. The summed E-state index contributed by atoms with van der Waals surface area (Å²) in [5, 5.41) is 7.47. The Morgan fingerprint density at radius 3 is 2.55 bits per heavy atom. The van der Waals surface area contributed by atoms with Crippen molar-refractivity contribution in [2.75, 3.05) is 38.2 Å². The first-order valence-electron chi connectivity index (χ1n) is 9.99. The minimum Gasteiger partial charge on any atom is -0.378 e. The number of nitrogens with one attached hydrogen (secondary N) is 1. The highest BCUT2D eigenvalue weighted by molar-refractivity contribution is 5.95. The summed E-state index contributed by atoms with van der Waals surface area (Å²) in [5.74, 6) is -0.0819. The van der Waals surface area contributed by atoms with Crippen LogP contribution in [0.5, 0.6) is 0 Å². The van der Waals surface area contributed by atoms with E-state index in [9.17, 15) is 9.59 Å². The van der Waals surface area contributed by atoms with E-state index < -0.39 is 0 Å². The Morgan fingerprint density at radius 2 is 1.83 bits per heavy atom. The van der Waals surface area contributed by atoms with Crippen molar-refractivity contribution in [1.29, 1.82) is 0 Å². The molecule has 0 radical (unpaired) electrons. The van der Waals surface area contributed by atoms with E-state index in [4.69, 9.17) is 4.74 Å². The minimum absolute atomic E-state index is 0.0819. The van der Waals surface area contributed by atoms with Crippen molar-refractivity contribution in [2.45, 2.75) is 26.8 Å². The number of fused-ring (bicyclic) bond motifs is 1. The zero-order valence-corrected chi connectivity index (χ0v) is 17.2. The van der Waals surface area contributed by atoms with Gasteiger partial charge in [0.1, 0.15) is 0 Å². The summed E-state index contributed by atoms with van der Waals surface area (Å²) < 4.78 is 7.12. The second kappa shape index (κ2) is 7.87. The highest BCUT2D eigenvalue weighted by Gasteiger charge is 2.31. The number of morpholine rings is 1. The summed E-state index contributed by atoms with van der Waals surface area (Å²) >= 11 is 0. The molecule has 2 aromatic rings. The normalized spacial score (nSPS) is 16.5. The zero-order valence-electron chi connectivity index (χ0n) is 17.2. The summed E-state index contributed by atoms with van der Waals surface area (Å²) in [4.78, 5) is 29.4. The number of ether oxygens (including phenoxy) is 1. The average molecular weight is 397 g/mol. The van der Waals surface area contributed by atoms with Gasteiger partial charge in [0, 0.05) is 50.0 Å². The summed E-state index contributed by atoms with van der Waals surface area (Å²) in [5.41, 5.74) is 5.43. The van der Waals surface area contributed by atoms with Crippen LogP contribution in [0, 0.1) is 13.8 Å². The van der Waals surface area contributed by atoms with Crippen molar-refractivity contribution in [3.8, 4) is 0 Å². The van der Waals surface area contributed by atoms with Crippen molar-refractivity contribution in [3.05, 3.63) is 46.3 Å². The number of rotatable bonds is 2. The standard InChI is InChI=1S/C21H27N5O3/c1-14-4-5-16(12-15(14)2)22-21(28)26-7-6-18-17(13-26)19(23-24(18)3)20(27)25-8-10-29-11-9-25/h4-5,12H,6-11,13H2,1-3H3,(H,22,28). The molecule has 29 heavy (non-hydrogen) atoms. The number of aryl methyl sites for hydroxylation is 3. The van der Waals surface area contributed by atoms with E-state index in [-0.39, 0.29) is 11.9 Å². The lowest BCUT2D eigenvalue weighted by Crippen LogP contribution is -2.42. The van der Waals surface area contributed by atoms with Gasteiger partial charge in [0.15, 0.2) is 5.69 Å². The molecule has 154 valence electrons. The predicted octanol–water partition coefficient (Wildman–Crippen LogP) is 2.10. The van der Waals surface area contributed by atoms with Crippen molar-refractivity contribution < 1.29 is 14.3 Å². The molecule has 1 fully saturated rings. The molecular formula is C21H27N5O3. The number of urea groups is 1. The summed E-state index contributed by atoms with van der Waals surface area (Å²) in [7, 11) is 1.86. The molecular weight excluding hydrogens is 370 g/mol. The molecule has 1 saturated heterocycles. The van der Waals surface area contributed by atoms with Gasteiger partial charge in [0.05, 0.1) is 19.8 Å². The van der Waals surface area contributed by atoms with Crippen LogP contribution in [0.4, 0.5) is 10.5 Å². The molecule has 4 rings (SSSR count). The van der Waals surface area contributed by atoms with Crippen molar-refractivity contribution in [2.24, 2.45) is 7.05 Å². The van der Waals surface area contributed by atoms with Gasteiger partial charge in [-0.3, -0.25) is 9.48 Å². The fraction of sp³-hybridized carbons (Fsp3) is 0.476. The van der Waals surface area contributed by atoms with Gasteiger partial charge in [0.2, 0.25) is 0 Å². The molecule has 0 atom stereocenters. The number of benzene rings is 1. The van der Waals surface area contributed by atoms with E-state index in [1.165, 1.54) is 5.56 Å². The largest absolute Gasteiger partial charge is 0.378 e. The van der Waals surface area contributed by atoms with E-state index in [2.05, 4.69) is 10.4 Å². The molecule has 8 nitrogen and oxygen atoms in total. The third kappa shape index (κ3) is 3.85. The topological polar surface area (TPSA) is 79.7 Å². The second-order valence-corrected chi connectivity index (χ2v) is 7.70. The van der Waals surface area contributed by atoms with Gasteiger partial charge in [-0.25, -0.2) is 4.79 Å². The summed E-state index contributed by atoms with van der Waals surface area (Å²) in [6.07, 6.45) is 0.676. The Hall–Kier alpha value is -2.87. The number of amides is 3. The SMILES string of the molecule is Cc1ccc(NC(=O)N2CCc3c(c(C(=O)N4CCOCC4)nn3C)C2)cc1C. The molecule has 0 bridgehead atoms. The van der Waals surface area contributed by atoms with Crippen LogP contribution < -0.4 is 5.32 Å². The molecule has 1 aromatic carbocycles. The Bertz CT molecular complexity index is 946. The highest BCUT2D eigenvalue weighted by Crippen LogP contribution is 2.24. The quantitative estimate of drug-likeness (QED) is 0.842. The molecule has 2 aliphatic rings. The van der Waals surface area contributed by atoms with Gasteiger partial charge in [-0.05, 0) is 37.1 Å². The van der Waals surface area contributed by atoms with E-state index >= 15 is 0 Å². The van der Waals surface area contributed by atoms with Crippen LogP contribution in [-0.2, 0) is 24.8 Å². The Morgan fingerprint density at radius 1 is 1.07 bits per heavy atom. The fourth-order valence-corrected chi connectivity index (χ4v) is 3.88. The third-order valence-electron chi connectivity index (χ3n) is 5.79. The Labute approximate surface area is 170 Å². The molecule has 8 heteroatoms. The molecule has 0 aliphatic carbocycles. The highest BCUT2D eigenvalue weighted by atomic mass is 16.5. The van der Waals surface area contributed by atoms with E-state index in [1.54, 1.807) is 14.5 Å². The predicted molar refractivity (Wildman–Crippen MR) is 109 cm³/mol. The number of anilines is 1. The number of carbonyl (C=O) groups excluding carboxylic acids is 2. The van der Waals surface area contributed by atoms with Crippen LogP contribution in [0.3, 0.4) is 0 Å². The van der Waals surface area contributed by atoms with Crippen molar-refractivity contribution in [3.63, 3.8) is 0 Å². The molecule has 3 amide bonds. The summed E-state index contributed by atoms with van der Waals surface area (Å²) in [6.45, 7) is 7.28. The summed E-state index contributed by atoms with van der Waals surface area (Å²) in [6, 6.07) is 5.72. The number of hydrogen-bond acceptors (Lipinski definition) is 4. The lowest BCUT2D eigenvalue weighted by molar-refractivity contribution is 0.0297. The van der Waals surface area contributed by atoms with Crippen LogP contribution >= 0.6 is 0 Å². The lowest BCUT2D eigenvalue weighted by atomic mass is 10.0. The second-order valence-electron chi connectivity index (χ2n) is 7.70. The van der Waals surface area contributed by atoms with Crippen molar-refractivity contribution >= 4 is 17.6 Å². The minimum atomic E-state index is -0.160. The van der Waals surface area contributed by atoms with E-state index in [0.717, 1.165) is 22.5 Å². The van der Waals surface area contributed by atoms with Crippen LogP contribution in [0.25, 0.3) is 0 Å².